The summed E-state index contributed by atoms with van der Waals surface area (Å²) in [7, 11) is -1.66. The monoisotopic (exact) mass is 461 g/mol. The highest BCUT2D eigenvalue weighted by molar-refractivity contribution is 7.90. The van der Waals surface area contributed by atoms with Crippen molar-refractivity contribution in [2.45, 2.75) is 37.6 Å². The van der Waals surface area contributed by atoms with Crippen LogP contribution in [0.4, 0.5) is 4.79 Å². The molecular weight excluding hydrogens is 430 g/mol. The maximum Gasteiger partial charge on any atom is 0.407 e. The summed E-state index contributed by atoms with van der Waals surface area (Å²) in [6.07, 6.45) is 1.89. The van der Waals surface area contributed by atoms with Crippen LogP contribution in [0.25, 0.3) is 11.1 Å². The van der Waals surface area contributed by atoms with Crippen molar-refractivity contribution in [1.29, 1.82) is 0 Å². The number of nitrogens with zero attached hydrogens (tertiary/aromatic N) is 1. The molecule has 0 aromatic heterocycles. The van der Waals surface area contributed by atoms with Crippen LogP contribution in [0, 0.1) is 11.8 Å². The van der Waals surface area contributed by atoms with Crippen molar-refractivity contribution in [1.82, 2.24) is 4.90 Å². The van der Waals surface area contributed by atoms with Gasteiger partial charge in [0.25, 0.3) is 0 Å². The van der Waals surface area contributed by atoms with E-state index in [0.29, 0.717) is 24.7 Å². The predicted molar refractivity (Wildman–Crippen MR) is 123 cm³/mol. The molecule has 2 aromatic carbocycles. The lowest BCUT2D eigenvalue weighted by Crippen LogP contribution is -2.48. The van der Waals surface area contributed by atoms with Gasteiger partial charge in [-0.25, -0.2) is 13.2 Å². The van der Waals surface area contributed by atoms with E-state index in [1.807, 2.05) is 18.2 Å². The van der Waals surface area contributed by atoms with Gasteiger partial charge >= 0.3 is 6.09 Å². The van der Waals surface area contributed by atoms with Crippen LogP contribution in [0.1, 0.15) is 26.7 Å². The number of methoxy groups -OCH3 is 1. The van der Waals surface area contributed by atoms with E-state index in [4.69, 9.17) is 9.47 Å². The molecule has 174 valence electrons. The number of hydrogen-bond acceptors (Lipinski definition) is 5. The minimum absolute atomic E-state index is 0.00155. The Kier molecular flexibility index (Phi) is 7.33. The van der Waals surface area contributed by atoms with E-state index in [1.54, 1.807) is 36.3 Å². The van der Waals surface area contributed by atoms with Crippen molar-refractivity contribution >= 4 is 15.9 Å². The lowest BCUT2D eigenvalue weighted by molar-refractivity contribution is 0.0583. The van der Waals surface area contributed by atoms with Gasteiger partial charge in [0.05, 0.1) is 18.6 Å². The van der Waals surface area contributed by atoms with Gasteiger partial charge in [-0.1, -0.05) is 26.0 Å². The fourth-order valence-electron chi connectivity index (χ4n) is 4.19. The number of hydrogen-bond donors (Lipinski definition) is 1. The number of benzene rings is 2. The number of piperidine rings is 1. The van der Waals surface area contributed by atoms with Crippen LogP contribution in [-0.2, 0) is 9.84 Å². The van der Waals surface area contributed by atoms with Gasteiger partial charge in [0, 0.05) is 30.5 Å². The summed E-state index contributed by atoms with van der Waals surface area (Å²) >= 11 is 0. The molecule has 1 fully saturated rings. The topological polar surface area (TPSA) is 93.1 Å². The summed E-state index contributed by atoms with van der Waals surface area (Å²) < 4.78 is 35.0. The first-order valence-electron chi connectivity index (χ1n) is 10.7. The van der Waals surface area contributed by atoms with Gasteiger partial charge in [0.1, 0.15) is 11.5 Å². The van der Waals surface area contributed by atoms with Crippen molar-refractivity contribution in [2.24, 2.45) is 11.8 Å². The Morgan fingerprint density at radius 1 is 1.19 bits per heavy atom. The van der Waals surface area contributed by atoms with Crippen LogP contribution in [0.3, 0.4) is 0 Å². The van der Waals surface area contributed by atoms with Crippen LogP contribution >= 0.6 is 0 Å². The first-order valence-corrected chi connectivity index (χ1v) is 12.6. The highest BCUT2D eigenvalue weighted by Gasteiger charge is 2.33. The summed E-state index contributed by atoms with van der Waals surface area (Å²) in [5.41, 5.74) is 1.69. The van der Waals surface area contributed by atoms with Gasteiger partial charge in [-0.15, -0.1) is 0 Å². The largest absolute Gasteiger partial charge is 0.496 e. The quantitative estimate of drug-likeness (QED) is 0.650. The van der Waals surface area contributed by atoms with Gasteiger partial charge < -0.3 is 19.5 Å². The van der Waals surface area contributed by atoms with Crippen molar-refractivity contribution in [2.75, 3.05) is 26.5 Å². The smallest absolute Gasteiger partial charge is 0.407 e. The zero-order valence-corrected chi connectivity index (χ0v) is 19.8. The third-order valence-corrected chi connectivity index (χ3v) is 7.15. The lowest BCUT2D eigenvalue weighted by atomic mass is 9.86. The Morgan fingerprint density at radius 3 is 2.44 bits per heavy atom. The van der Waals surface area contributed by atoms with E-state index < -0.39 is 15.9 Å². The molecule has 1 amide bonds. The molecule has 0 saturated carbocycles. The summed E-state index contributed by atoms with van der Waals surface area (Å²) in [6.45, 7) is 5.14. The number of carbonyl (C=O) groups is 1. The molecule has 7 nitrogen and oxygen atoms in total. The van der Waals surface area contributed by atoms with Gasteiger partial charge in [0.15, 0.2) is 9.84 Å². The first-order chi connectivity index (χ1) is 15.1. The zero-order valence-electron chi connectivity index (χ0n) is 18.9. The standard InChI is InChI=1S/C24H31NO6S/c1-16(2)22-13-17(11-12-25(22)24(26)27)15-31-19-7-10-21(23(14-19)30-3)18-5-8-20(9-6-18)32(4,28)29/h5-10,14,16-17,22H,11-13,15H2,1-4H3,(H,26,27). The van der Waals surface area contributed by atoms with Crippen molar-refractivity contribution in [3.8, 4) is 22.6 Å². The van der Waals surface area contributed by atoms with E-state index in [2.05, 4.69) is 13.8 Å². The minimum atomic E-state index is -3.25. The molecule has 0 spiro atoms. The number of likely N-dealkylation sites (tertiary alicyclic amines) is 1. The highest BCUT2D eigenvalue weighted by atomic mass is 32.2. The molecule has 0 radical (unpaired) electrons. The number of carboxylic acid groups (broad SMARTS) is 1. The molecule has 32 heavy (non-hydrogen) atoms. The molecule has 8 heteroatoms. The average molecular weight is 462 g/mol. The van der Waals surface area contributed by atoms with Crippen molar-refractivity contribution in [3.63, 3.8) is 0 Å². The third kappa shape index (κ3) is 5.54. The molecule has 1 aliphatic heterocycles. The Bertz CT molecular complexity index is 1050. The van der Waals surface area contributed by atoms with Crippen molar-refractivity contribution in [3.05, 3.63) is 42.5 Å². The molecule has 1 heterocycles. The Hall–Kier alpha value is -2.74. The molecule has 2 unspecified atom stereocenters. The number of rotatable bonds is 7. The summed E-state index contributed by atoms with van der Waals surface area (Å²) in [6, 6.07) is 12.3. The normalized spacial score (nSPS) is 19.1. The minimum Gasteiger partial charge on any atom is -0.496 e. The maximum absolute atomic E-state index is 11.7. The Balaban J connectivity index is 1.69. The van der Waals surface area contributed by atoms with Crippen LogP contribution in [-0.4, -0.2) is 57.1 Å². The maximum atomic E-state index is 11.7. The molecule has 1 saturated heterocycles. The van der Waals surface area contributed by atoms with Gasteiger partial charge in [-0.05, 0) is 54.5 Å². The zero-order chi connectivity index (χ0) is 23.5. The van der Waals surface area contributed by atoms with E-state index >= 15 is 0 Å². The average Bonchev–Trinajstić information content (AvgIpc) is 2.76. The summed E-state index contributed by atoms with van der Waals surface area (Å²) in [5.74, 6) is 1.85. The second-order valence-corrected chi connectivity index (χ2v) is 10.7. The fourth-order valence-corrected chi connectivity index (χ4v) is 4.82. The van der Waals surface area contributed by atoms with E-state index in [1.165, 1.54) is 6.26 Å². The summed E-state index contributed by atoms with van der Waals surface area (Å²) in [5, 5.41) is 9.44. The van der Waals surface area contributed by atoms with Crippen LogP contribution in [0.2, 0.25) is 0 Å². The van der Waals surface area contributed by atoms with E-state index in [-0.39, 0.29) is 22.8 Å². The molecule has 0 bridgehead atoms. The molecule has 0 aliphatic carbocycles. The number of sulfone groups is 1. The van der Waals surface area contributed by atoms with E-state index in [9.17, 15) is 18.3 Å². The number of ether oxygens (including phenoxy) is 2. The fraction of sp³-hybridized carbons (Fsp3) is 0.458. The highest BCUT2D eigenvalue weighted by Crippen LogP contribution is 2.35. The third-order valence-electron chi connectivity index (χ3n) is 6.02. The second-order valence-electron chi connectivity index (χ2n) is 8.65. The molecule has 1 N–H and O–H groups in total. The van der Waals surface area contributed by atoms with Crippen molar-refractivity contribution < 1.29 is 27.8 Å². The van der Waals surface area contributed by atoms with E-state index in [0.717, 1.165) is 24.0 Å². The molecule has 2 aromatic rings. The SMILES string of the molecule is COc1cc(OCC2CCN(C(=O)O)C(C(C)C)C2)ccc1-c1ccc(S(C)(=O)=O)cc1. The van der Waals surface area contributed by atoms with Crippen LogP contribution < -0.4 is 9.47 Å². The molecule has 3 rings (SSSR count). The second kappa shape index (κ2) is 9.81. The number of amides is 1. The molecular formula is C24H31NO6S. The summed E-state index contributed by atoms with van der Waals surface area (Å²) in [4.78, 5) is 13.3. The Morgan fingerprint density at radius 2 is 1.88 bits per heavy atom. The first kappa shape index (κ1) is 23.9. The van der Waals surface area contributed by atoms with Crippen LogP contribution in [0.15, 0.2) is 47.4 Å². The Labute approximate surface area is 189 Å². The molecule has 2 atom stereocenters. The van der Waals surface area contributed by atoms with Crippen LogP contribution in [0.5, 0.6) is 11.5 Å². The predicted octanol–water partition coefficient (Wildman–Crippen LogP) is 4.56. The van der Waals surface area contributed by atoms with Gasteiger partial charge in [-0.2, -0.15) is 0 Å². The van der Waals surface area contributed by atoms with Gasteiger partial charge in [0.2, 0.25) is 0 Å². The van der Waals surface area contributed by atoms with Gasteiger partial charge in [-0.3, -0.25) is 0 Å². The molecule has 1 aliphatic rings. The lowest BCUT2D eigenvalue weighted by Gasteiger charge is -2.39.